The molecule has 7 N–H and O–H groups in total. The average molecular weight is 274 g/mol. The predicted octanol–water partition coefficient (Wildman–Crippen LogP) is -2.72. The van der Waals surface area contributed by atoms with Crippen LogP contribution >= 0.6 is 0 Å². The molecule has 0 aromatic heterocycles. The van der Waals surface area contributed by atoms with Crippen molar-refractivity contribution in [2.24, 2.45) is 11.5 Å². The molecule has 0 aliphatic rings. The normalized spacial score (nSPS) is 14.9. The molecule has 0 heterocycles. The molecule has 0 aromatic rings. The Hall–Kier alpha value is -2.16. The Labute approximate surface area is 109 Å². The number of rotatable bonds is 7. The van der Waals surface area contributed by atoms with Crippen molar-refractivity contribution in [3.05, 3.63) is 0 Å². The van der Waals surface area contributed by atoms with E-state index in [4.69, 9.17) is 16.6 Å². The second-order valence-corrected chi connectivity index (χ2v) is 4.08. The van der Waals surface area contributed by atoms with Gasteiger partial charge in [0.2, 0.25) is 17.7 Å². The molecule has 0 radical (unpaired) electrons. The van der Waals surface area contributed by atoms with Gasteiger partial charge in [-0.15, -0.1) is 0 Å². The summed E-state index contributed by atoms with van der Waals surface area (Å²) in [5.41, 5.74) is 10.3. The Morgan fingerprint density at radius 2 is 1.53 bits per heavy atom. The fourth-order valence-corrected chi connectivity index (χ4v) is 1.10. The summed E-state index contributed by atoms with van der Waals surface area (Å²) in [6.45, 7) is 2.65. The zero-order chi connectivity index (χ0) is 15.2. The van der Waals surface area contributed by atoms with Gasteiger partial charge in [0, 0.05) is 0 Å². The van der Waals surface area contributed by atoms with Crippen molar-refractivity contribution in [3.63, 3.8) is 0 Å². The highest BCUT2D eigenvalue weighted by atomic mass is 16.4. The lowest BCUT2D eigenvalue weighted by Crippen LogP contribution is -2.53. The van der Waals surface area contributed by atoms with E-state index in [1.807, 2.05) is 0 Å². The number of hydrogen-bond donors (Lipinski definition) is 5. The van der Waals surface area contributed by atoms with Gasteiger partial charge in [-0.1, -0.05) is 0 Å². The Kier molecular flexibility index (Phi) is 6.48. The van der Waals surface area contributed by atoms with Gasteiger partial charge in [0.1, 0.15) is 12.1 Å². The van der Waals surface area contributed by atoms with Crippen molar-refractivity contribution in [2.45, 2.75) is 38.4 Å². The lowest BCUT2D eigenvalue weighted by molar-refractivity contribution is -0.141. The standard InChI is InChI=1S/C10H18N4O5/c1-4(8(16)14-5(2)10(18)19)13-9(17)6(11)3-7(12)15/h4-6H,3,11H2,1-2H3,(H2,12,15)(H,13,17)(H,14,16)(H,18,19). The molecule has 3 unspecified atom stereocenters. The summed E-state index contributed by atoms with van der Waals surface area (Å²) < 4.78 is 0. The van der Waals surface area contributed by atoms with Crippen LogP contribution in [0, 0.1) is 0 Å². The maximum Gasteiger partial charge on any atom is 0.325 e. The molecular formula is C10H18N4O5. The van der Waals surface area contributed by atoms with Crippen LogP contribution in [0.15, 0.2) is 0 Å². The van der Waals surface area contributed by atoms with Crippen molar-refractivity contribution >= 4 is 23.7 Å². The van der Waals surface area contributed by atoms with Crippen molar-refractivity contribution < 1.29 is 24.3 Å². The van der Waals surface area contributed by atoms with Crippen LogP contribution in [0.4, 0.5) is 0 Å². The topological polar surface area (TPSA) is 165 Å². The molecule has 3 amide bonds. The van der Waals surface area contributed by atoms with Crippen molar-refractivity contribution in [1.82, 2.24) is 10.6 Å². The first-order chi connectivity index (χ1) is 8.65. The van der Waals surface area contributed by atoms with E-state index < -0.39 is 41.8 Å². The predicted molar refractivity (Wildman–Crippen MR) is 64.6 cm³/mol. The molecule has 0 aliphatic carbocycles. The summed E-state index contributed by atoms with van der Waals surface area (Å²) in [6.07, 6.45) is -0.342. The zero-order valence-corrected chi connectivity index (χ0v) is 10.7. The second-order valence-electron chi connectivity index (χ2n) is 4.08. The Morgan fingerprint density at radius 1 is 1.05 bits per heavy atom. The Bertz CT molecular complexity index is 384. The largest absolute Gasteiger partial charge is 0.480 e. The van der Waals surface area contributed by atoms with E-state index in [1.165, 1.54) is 13.8 Å². The van der Waals surface area contributed by atoms with Crippen LogP contribution in [0.1, 0.15) is 20.3 Å². The van der Waals surface area contributed by atoms with Crippen LogP contribution in [0.25, 0.3) is 0 Å². The van der Waals surface area contributed by atoms with E-state index in [1.54, 1.807) is 0 Å². The van der Waals surface area contributed by atoms with E-state index in [0.717, 1.165) is 0 Å². The third-order valence-electron chi connectivity index (χ3n) is 2.24. The van der Waals surface area contributed by atoms with Crippen molar-refractivity contribution in [1.29, 1.82) is 0 Å². The molecular weight excluding hydrogens is 256 g/mol. The number of carboxylic acids is 1. The number of nitrogens with one attached hydrogen (secondary N) is 2. The van der Waals surface area contributed by atoms with Gasteiger partial charge in [0.15, 0.2) is 0 Å². The molecule has 108 valence electrons. The molecule has 0 saturated heterocycles. The molecule has 9 nitrogen and oxygen atoms in total. The number of amides is 3. The van der Waals surface area contributed by atoms with Gasteiger partial charge in [-0.3, -0.25) is 19.2 Å². The lowest BCUT2D eigenvalue weighted by atomic mass is 10.2. The smallest absolute Gasteiger partial charge is 0.325 e. The summed E-state index contributed by atoms with van der Waals surface area (Å²) in [6, 6.07) is -3.20. The third kappa shape index (κ3) is 6.36. The SMILES string of the molecule is CC(NC(=O)C(C)NC(=O)C(N)CC(N)=O)C(=O)O. The fraction of sp³-hybridized carbons (Fsp3) is 0.600. The summed E-state index contributed by atoms with van der Waals surface area (Å²) >= 11 is 0. The molecule has 0 fully saturated rings. The van der Waals surface area contributed by atoms with Crippen LogP contribution < -0.4 is 22.1 Å². The molecule has 0 bridgehead atoms. The van der Waals surface area contributed by atoms with Gasteiger partial charge in [-0.25, -0.2) is 0 Å². The van der Waals surface area contributed by atoms with Crippen LogP contribution in [-0.2, 0) is 19.2 Å². The fourth-order valence-electron chi connectivity index (χ4n) is 1.10. The van der Waals surface area contributed by atoms with E-state index >= 15 is 0 Å². The molecule has 0 aromatic carbocycles. The summed E-state index contributed by atoms with van der Waals surface area (Å²) in [4.78, 5) is 44.1. The van der Waals surface area contributed by atoms with Gasteiger partial charge in [-0.05, 0) is 13.8 Å². The highest BCUT2D eigenvalue weighted by Crippen LogP contribution is 1.91. The van der Waals surface area contributed by atoms with E-state index in [9.17, 15) is 19.2 Å². The number of aliphatic carboxylic acids is 1. The molecule has 0 spiro atoms. The third-order valence-corrected chi connectivity index (χ3v) is 2.24. The summed E-state index contributed by atoms with van der Waals surface area (Å²) in [7, 11) is 0. The van der Waals surface area contributed by atoms with E-state index in [-0.39, 0.29) is 6.42 Å². The number of carboxylic acid groups (broad SMARTS) is 1. The molecule has 0 aliphatic heterocycles. The number of nitrogens with two attached hydrogens (primary N) is 2. The maximum atomic E-state index is 11.5. The van der Waals surface area contributed by atoms with Crippen molar-refractivity contribution in [3.8, 4) is 0 Å². The minimum atomic E-state index is -1.20. The quantitative estimate of drug-likeness (QED) is 0.338. The Balaban J connectivity index is 4.32. The zero-order valence-electron chi connectivity index (χ0n) is 10.7. The van der Waals surface area contributed by atoms with Gasteiger partial charge < -0.3 is 27.2 Å². The first-order valence-electron chi connectivity index (χ1n) is 5.52. The number of carbonyl (C=O) groups excluding carboxylic acids is 3. The highest BCUT2D eigenvalue weighted by molar-refractivity contribution is 5.93. The van der Waals surface area contributed by atoms with Gasteiger partial charge >= 0.3 is 5.97 Å². The molecule has 0 rings (SSSR count). The first-order valence-corrected chi connectivity index (χ1v) is 5.52. The summed E-state index contributed by atoms with van der Waals surface area (Å²) in [5, 5.41) is 13.0. The number of primary amides is 1. The minimum Gasteiger partial charge on any atom is -0.480 e. The lowest BCUT2D eigenvalue weighted by Gasteiger charge is -2.18. The second kappa shape index (κ2) is 7.31. The van der Waals surface area contributed by atoms with Crippen LogP contribution in [-0.4, -0.2) is 46.9 Å². The maximum absolute atomic E-state index is 11.5. The van der Waals surface area contributed by atoms with Crippen LogP contribution in [0.3, 0.4) is 0 Å². The van der Waals surface area contributed by atoms with Gasteiger partial charge in [0.25, 0.3) is 0 Å². The summed E-state index contributed by atoms with van der Waals surface area (Å²) in [5.74, 6) is -3.32. The molecule has 3 atom stereocenters. The van der Waals surface area contributed by atoms with Crippen LogP contribution in [0.2, 0.25) is 0 Å². The van der Waals surface area contributed by atoms with Gasteiger partial charge in [0.05, 0.1) is 12.5 Å². The molecule has 0 saturated carbocycles. The van der Waals surface area contributed by atoms with E-state index in [0.29, 0.717) is 0 Å². The van der Waals surface area contributed by atoms with Gasteiger partial charge in [-0.2, -0.15) is 0 Å². The Morgan fingerprint density at radius 3 is 1.95 bits per heavy atom. The monoisotopic (exact) mass is 274 g/mol. The first kappa shape index (κ1) is 16.8. The average Bonchev–Trinajstić information content (AvgIpc) is 2.27. The number of carbonyl (C=O) groups is 4. The van der Waals surface area contributed by atoms with E-state index in [2.05, 4.69) is 10.6 Å². The molecule has 19 heavy (non-hydrogen) atoms. The highest BCUT2D eigenvalue weighted by Gasteiger charge is 2.23. The minimum absolute atomic E-state index is 0.342. The molecule has 9 heteroatoms. The van der Waals surface area contributed by atoms with Crippen LogP contribution in [0.5, 0.6) is 0 Å². The van der Waals surface area contributed by atoms with Crippen molar-refractivity contribution in [2.75, 3.05) is 0 Å². The number of hydrogen-bond acceptors (Lipinski definition) is 5.